The molecule has 7 nitrogen and oxygen atoms in total. The number of carbonyl (C=O) groups is 1. The number of nitrogens with zero attached hydrogens (tertiary/aromatic N) is 3. The van der Waals surface area contributed by atoms with Gasteiger partial charge in [-0.1, -0.05) is 11.6 Å². The maximum atomic E-state index is 13.6. The summed E-state index contributed by atoms with van der Waals surface area (Å²) in [6.45, 7) is 2.49. The largest absolute Gasteiger partial charge is 0.454 e. The first-order valence-electron chi connectivity index (χ1n) is 12.5. The van der Waals surface area contributed by atoms with Crippen molar-refractivity contribution in [2.24, 2.45) is 23.2 Å². The summed E-state index contributed by atoms with van der Waals surface area (Å²) < 4.78 is 10.9. The standard InChI is InChI=1S/C26H29ClN4O3/c27-20-7-23-22(33-14-34-23)6-18(20)11-31-2-1-19-21(12-31)28-13-29-24(19)30-25(32)26-8-15-3-16(9-26)5-17(4-15)10-26/h6-7,13,15-17H,1-5,8-12,14H2,(H,28,29,30,32). The van der Waals surface area contributed by atoms with E-state index in [-0.39, 0.29) is 18.1 Å². The van der Waals surface area contributed by atoms with Crippen LogP contribution in [-0.4, -0.2) is 34.1 Å². The van der Waals surface area contributed by atoms with Gasteiger partial charge in [0.1, 0.15) is 12.1 Å². The average molecular weight is 481 g/mol. The monoisotopic (exact) mass is 480 g/mol. The molecule has 0 unspecified atom stereocenters. The van der Waals surface area contributed by atoms with E-state index in [2.05, 4.69) is 20.2 Å². The second kappa shape index (κ2) is 7.82. The van der Waals surface area contributed by atoms with Crippen molar-refractivity contribution >= 4 is 23.3 Å². The van der Waals surface area contributed by atoms with E-state index in [4.69, 9.17) is 21.1 Å². The van der Waals surface area contributed by atoms with Gasteiger partial charge in [0.2, 0.25) is 12.7 Å². The van der Waals surface area contributed by atoms with Gasteiger partial charge in [-0.2, -0.15) is 0 Å². The fourth-order valence-electron chi connectivity index (χ4n) is 7.60. The molecule has 2 aromatic rings. The van der Waals surface area contributed by atoms with Crippen molar-refractivity contribution < 1.29 is 14.3 Å². The summed E-state index contributed by atoms with van der Waals surface area (Å²) in [6, 6.07) is 3.80. The molecule has 1 aromatic heterocycles. The molecule has 1 aromatic carbocycles. The molecular weight excluding hydrogens is 452 g/mol. The molecule has 8 rings (SSSR count). The van der Waals surface area contributed by atoms with E-state index < -0.39 is 0 Å². The van der Waals surface area contributed by atoms with E-state index in [9.17, 15) is 4.79 Å². The number of aromatic nitrogens is 2. The molecule has 0 radical (unpaired) electrons. The number of carbonyl (C=O) groups excluding carboxylic acids is 1. The minimum Gasteiger partial charge on any atom is -0.454 e. The quantitative estimate of drug-likeness (QED) is 0.690. The Hall–Kier alpha value is -2.38. The van der Waals surface area contributed by atoms with Crippen LogP contribution >= 0.6 is 11.6 Å². The number of halogens is 1. The lowest BCUT2D eigenvalue weighted by Gasteiger charge is -2.55. The van der Waals surface area contributed by atoms with Crippen molar-refractivity contribution in [3.63, 3.8) is 0 Å². The topological polar surface area (TPSA) is 76.6 Å². The third-order valence-electron chi connectivity index (χ3n) is 8.77. The van der Waals surface area contributed by atoms with Gasteiger partial charge in [0.25, 0.3) is 0 Å². The first-order chi connectivity index (χ1) is 16.5. The maximum absolute atomic E-state index is 13.6. The predicted molar refractivity (Wildman–Crippen MR) is 127 cm³/mol. The van der Waals surface area contributed by atoms with Crippen LogP contribution in [0.3, 0.4) is 0 Å². The van der Waals surface area contributed by atoms with Crippen molar-refractivity contribution in [1.29, 1.82) is 0 Å². The van der Waals surface area contributed by atoms with Crippen molar-refractivity contribution in [2.45, 2.75) is 58.0 Å². The lowest BCUT2D eigenvalue weighted by atomic mass is 9.49. The van der Waals surface area contributed by atoms with E-state index in [0.717, 1.165) is 72.6 Å². The molecule has 178 valence electrons. The van der Waals surface area contributed by atoms with Crippen LogP contribution in [0.25, 0.3) is 0 Å². The normalized spacial score (nSPS) is 30.9. The molecule has 6 aliphatic rings. The van der Waals surface area contributed by atoms with Gasteiger partial charge >= 0.3 is 0 Å². The molecule has 4 bridgehead atoms. The number of ether oxygens (including phenoxy) is 2. The molecular formula is C26H29ClN4O3. The Bertz CT molecular complexity index is 1130. The summed E-state index contributed by atoms with van der Waals surface area (Å²) in [4.78, 5) is 25.0. The van der Waals surface area contributed by atoms with Gasteiger partial charge in [-0.15, -0.1) is 0 Å². The summed E-state index contributed by atoms with van der Waals surface area (Å²) in [6.07, 6.45) is 9.56. The van der Waals surface area contributed by atoms with Crippen molar-refractivity contribution in [3.05, 3.63) is 40.3 Å². The van der Waals surface area contributed by atoms with Gasteiger partial charge < -0.3 is 14.8 Å². The van der Waals surface area contributed by atoms with Crippen LogP contribution in [0.2, 0.25) is 5.02 Å². The van der Waals surface area contributed by atoms with Crippen LogP contribution in [0.4, 0.5) is 5.82 Å². The van der Waals surface area contributed by atoms with Gasteiger partial charge in [-0.25, -0.2) is 9.97 Å². The van der Waals surface area contributed by atoms with Gasteiger partial charge in [0.15, 0.2) is 11.5 Å². The van der Waals surface area contributed by atoms with Gasteiger partial charge in [0.05, 0.1) is 11.1 Å². The third-order valence-corrected chi connectivity index (χ3v) is 9.13. The van der Waals surface area contributed by atoms with Crippen molar-refractivity contribution in [3.8, 4) is 11.5 Å². The Morgan fingerprint density at radius 1 is 1.09 bits per heavy atom. The van der Waals surface area contributed by atoms with E-state index >= 15 is 0 Å². The summed E-state index contributed by atoms with van der Waals surface area (Å²) >= 11 is 6.50. The summed E-state index contributed by atoms with van der Waals surface area (Å²) in [5.41, 5.74) is 2.90. The highest BCUT2D eigenvalue weighted by Crippen LogP contribution is 2.60. The number of hydrogen-bond donors (Lipinski definition) is 1. The first kappa shape index (κ1) is 20.9. The smallest absolute Gasteiger partial charge is 0.231 e. The Morgan fingerprint density at radius 3 is 2.53 bits per heavy atom. The first-order valence-corrected chi connectivity index (χ1v) is 12.9. The highest BCUT2D eigenvalue weighted by Gasteiger charge is 2.54. The summed E-state index contributed by atoms with van der Waals surface area (Å²) in [5.74, 6) is 4.58. The number of anilines is 1. The number of nitrogens with one attached hydrogen (secondary N) is 1. The van der Waals surface area contributed by atoms with E-state index in [1.165, 1.54) is 19.3 Å². The number of rotatable bonds is 4. The SMILES string of the molecule is O=C(Nc1ncnc2c1CCN(Cc1cc3c(cc1Cl)OCO3)C2)C12CC3CC(CC(C3)C1)C2. The summed E-state index contributed by atoms with van der Waals surface area (Å²) in [7, 11) is 0. The molecule has 4 aliphatic carbocycles. The Labute approximate surface area is 204 Å². The lowest BCUT2D eigenvalue weighted by molar-refractivity contribution is -0.140. The van der Waals surface area contributed by atoms with Crippen LogP contribution in [-0.2, 0) is 24.3 Å². The number of benzene rings is 1. The predicted octanol–water partition coefficient (Wildman–Crippen LogP) is 4.57. The van der Waals surface area contributed by atoms with E-state index in [1.807, 2.05) is 12.1 Å². The minimum absolute atomic E-state index is 0.177. The van der Waals surface area contributed by atoms with Crippen LogP contribution in [0.15, 0.2) is 18.5 Å². The minimum atomic E-state index is -0.177. The van der Waals surface area contributed by atoms with Gasteiger partial charge in [-0.05, 0) is 74.3 Å². The Morgan fingerprint density at radius 2 is 1.79 bits per heavy atom. The van der Waals surface area contributed by atoms with Crippen LogP contribution < -0.4 is 14.8 Å². The number of hydrogen-bond acceptors (Lipinski definition) is 6. The zero-order valence-corrected chi connectivity index (χ0v) is 19.9. The molecule has 0 saturated heterocycles. The van der Waals surface area contributed by atoms with Crippen molar-refractivity contribution in [2.75, 3.05) is 18.7 Å². The Balaban J connectivity index is 1.08. The lowest BCUT2D eigenvalue weighted by Crippen LogP contribution is -2.52. The fourth-order valence-corrected chi connectivity index (χ4v) is 7.81. The van der Waals surface area contributed by atoms with Crippen LogP contribution in [0, 0.1) is 23.2 Å². The zero-order valence-electron chi connectivity index (χ0n) is 19.2. The second-order valence-electron chi connectivity index (χ2n) is 11.1. The van der Waals surface area contributed by atoms with Crippen molar-refractivity contribution in [1.82, 2.24) is 14.9 Å². The molecule has 1 amide bonds. The van der Waals surface area contributed by atoms with Gasteiger partial charge in [-0.3, -0.25) is 9.69 Å². The fraction of sp³-hybridized carbons (Fsp3) is 0.577. The molecule has 4 fully saturated rings. The molecule has 4 saturated carbocycles. The van der Waals surface area contributed by atoms with Crippen LogP contribution in [0.5, 0.6) is 11.5 Å². The average Bonchev–Trinajstić information content (AvgIpc) is 3.25. The molecule has 0 spiro atoms. The van der Waals surface area contributed by atoms with E-state index in [0.29, 0.717) is 29.7 Å². The van der Waals surface area contributed by atoms with E-state index in [1.54, 1.807) is 6.33 Å². The summed E-state index contributed by atoms with van der Waals surface area (Å²) in [5, 5.41) is 3.95. The molecule has 3 heterocycles. The molecule has 0 atom stereocenters. The maximum Gasteiger partial charge on any atom is 0.231 e. The van der Waals surface area contributed by atoms with Crippen LogP contribution in [0.1, 0.15) is 55.3 Å². The number of fused-ring (bicyclic) bond motifs is 2. The third kappa shape index (κ3) is 3.47. The molecule has 2 aliphatic heterocycles. The number of amides is 1. The second-order valence-corrected chi connectivity index (χ2v) is 11.5. The highest BCUT2D eigenvalue weighted by molar-refractivity contribution is 6.31. The zero-order chi connectivity index (χ0) is 22.9. The highest BCUT2D eigenvalue weighted by atomic mass is 35.5. The molecule has 1 N–H and O–H groups in total. The molecule has 34 heavy (non-hydrogen) atoms. The molecule has 8 heteroatoms. The Kier molecular flexibility index (Phi) is 4.82. The van der Waals surface area contributed by atoms with Gasteiger partial charge in [0, 0.05) is 36.3 Å².